The molecule has 30 heavy (non-hydrogen) atoms. The maximum absolute atomic E-state index is 12.9. The van der Waals surface area contributed by atoms with Crippen LogP contribution in [-0.4, -0.2) is 39.8 Å². The van der Waals surface area contributed by atoms with Crippen LogP contribution in [0.5, 0.6) is 0 Å². The van der Waals surface area contributed by atoms with E-state index in [-0.39, 0.29) is 24.3 Å². The highest BCUT2D eigenvalue weighted by atomic mass is 16.5. The minimum absolute atomic E-state index is 0.0118. The molecular weight excluding hydrogens is 382 g/mol. The highest BCUT2D eigenvalue weighted by Crippen LogP contribution is 2.23. The van der Waals surface area contributed by atoms with Gasteiger partial charge in [0, 0.05) is 25.1 Å². The molecule has 0 aliphatic carbocycles. The van der Waals surface area contributed by atoms with Crippen molar-refractivity contribution in [2.24, 2.45) is 0 Å². The number of esters is 1. The number of carbonyl (C=O) groups is 2. The fourth-order valence-corrected chi connectivity index (χ4v) is 3.66. The average Bonchev–Trinajstić information content (AvgIpc) is 3.31. The number of para-hydroxylation sites is 1. The zero-order chi connectivity index (χ0) is 20.9. The first kappa shape index (κ1) is 19.8. The Hall–Kier alpha value is -3.48. The lowest BCUT2D eigenvalue weighted by Crippen LogP contribution is -2.35. The number of hydrogen-bond acceptors (Lipinski definition) is 5. The normalized spacial score (nSPS) is 14.6. The number of hydrogen-bond donors (Lipinski definition) is 1. The summed E-state index contributed by atoms with van der Waals surface area (Å²) in [5.74, 6) is -0.283. The van der Waals surface area contributed by atoms with Gasteiger partial charge in [-0.25, -0.2) is 4.98 Å². The summed E-state index contributed by atoms with van der Waals surface area (Å²) >= 11 is 0. The van der Waals surface area contributed by atoms with E-state index in [1.54, 1.807) is 41.3 Å². The van der Waals surface area contributed by atoms with Crippen LogP contribution in [0.2, 0.25) is 0 Å². The highest BCUT2D eigenvalue weighted by Gasteiger charge is 2.30. The van der Waals surface area contributed by atoms with Crippen LogP contribution < -0.4 is 5.56 Å². The van der Waals surface area contributed by atoms with E-state index >= 15 is 0 Å². The molecule has 1 amide bonds. The van der Waals surface area contributed by atoms with Gasteiger partial charge in [0.05, 0.1) is 17.3 Å². The van der Waals surface area contributed by atoms with E-state index in [4.69, 9.17) is 4.74 Å². The minimum atomic E-state index is -0.958. The molecule has 0 radical (unpaired) electrons. The molecular formula is C23H23N3O4. The predicted octanol–water partition coefficient (Wildman–Crippen LogP) is 2.76. The maximum Gasteiger partial charge on any atom is 0.307 e. The van der Waals surface area contributed by atoms with Gasteiger partial charge in [0.15, 0.2) is 0 Å². The second kappa shape index (κ2) is 8.90. The summed E-state index contributed by atoms with van der Waals surface area (Å²) in [6, 6.07) is 16.1. The Morgan fingerprint density at radius 1 is 1.03 bits per heavy atom. The van der Waals surface area contributed by atoms with Gasteiger partial charge in [-0.2, -0.15) is 0 Å². The SMILES string of the molecule is O=C(CCc1nc2ccccc2c(=O)[nH]1)O[C@@H](C(=O)N1CCCC1)c1ccccc1. The van der Waals surface area contributed by atoms with Crippen LogP contribution in [0.4, 0.5) is 0 Å². The minimum Gasteiger partial charge on any atom is -0.447 e. The quantitative estimate of drug-likeness (QED) is 0.637. The molecule has 154 valence electrons. The Kier molecular flexibility index (Phi) is 5.88. The Bertz CT molecular complexity index is 1100. The summed E-state index contributed by atoms with van der Waals surface area (Å²) in [7, 11) is 0. The Morgan fingerprint density at radius 3 is 2.50 bits per heavy atom. The standard InChI is InChI=1S/C23H23N3O4/c27-20(13-12-19-24-18-11-5-4-10-17(18)22(28)25-19)30-21(16-8-2-1-3-9-16)23(29)26-14-6-7-15-26/h1-5,8-11,21H,6-7,12-15H2,(H,24,25,28)/t21-/m1/s1. The molecule has 7 nitrogen and oxygen atoms in total. The molecule has 1 atom stereocenters. The molecule has 1 aromatic heterocycles. The summed E-state index contributed by atoms with van der Waals surface area (Å²) in [6.07, 6.45) is 1.20. The zero-order valence-corrected chi connectivity index (χ0v) is 16.5. The Labute approximate surface area is 173 Å². The van der Waals surface area contributed by atoms with Crippen molar-refractivity contribution in [1.29, 1.82) is 0 Å². The number of fused-ring (bicyclic) bond motifs is 1. The molecule has 0 saturated carbocycles. The molecule has 0 bridgehead atoms. The van der Waals surface area contributed by atoms with Gasteiger partial charge in [0.1, 0.15) is 5.82 Å². The van der Waals surface area contributed by atoms with Gasteiger partial charge in [-0.3, -0.25) is 14.4 Å². The van der Waals surface area contributed by atoms with Crippen LogP contribution >= 0.6 is 0 Å². The molecule has 1 saturated heterocycles. The van der Waals surface area contributed by atoms with Gasteiger partial charge in [-0.15, -0.1) is 0 Å². The van der Waals surface area contributed by atoms with Crippen molar-refractivity contribution in [3.05, 3.63) is 76.3 Å². The maximum atomic E-state index is 12.9. The zero-order valence-electron chi connectivity index (χ0n) is 16.5. The van der Waals surface area contributed by atoms with Crippen LogP contribution in [0.15, 0.2) is 59.4 Å². The molecule has 0 unspecified atom stereocenters. The molecule has 0 spiro atoms. The smallest absolute Gasteiger partial charge is 0.307 e. The fourth-order valence-electron chi connectivity index (χ4n) is 3.66. The molecule has 1 fully saturated rings. The molecule has 4 rings (SSSR count). The lowest BCUT2D eigenvalue weighted by molar-refractivity contribution is -0.160. The Balaban J connectivity index is 1.46. The number of aryl methyl sites for hydroxylation is 1. The molecule has 7 heteroatoms. The van der Waals surface area contributed by atoms with Crippen LogP contribution in [0, 0.1) is 0 Å². The summed E-state index contributed by atoms with van der Waals surface area (Å²) in [4.78, 5) is 46.5. The summed E-state index contributed by atoms with van der Waals surface area (Å²) in [5, 5.41) is 0.504. The number of H-pyrrole nitrogens is 1. The average molecular weight is 405 g/mol. The first-order chi connectivity index (χ1) is 14.6. The highest BCUT2D eigenvalue weighted by molar-refractivity contribution is 5.85. The number of rotatable bonds is 6. The van der Waals surface area contributed by atoms with Gasteiger partial charge >= 0.3 is 5.97 Å². The topological polar surface area (TPSA) is 92.4 Å². The van der Waals surface area contributed by atoms with Crippen molar-refractivity contribution < 1.29 is 14.3 Å². The second-order valence-electron chi connectivity index (χ2n) is 7.34. The molecule has 3 aromatic rings. The van der Waals surface area contributed by atoms with Crippen molar-refractivity contribution in [3.8, 4) is 0 Å². The molecule has 2 aromatic carbocycles. The number of carbonyl (C=O) groups excluding carboxylic acids is 2. The number of nitrogens with one attached hydrogen (secondary N) is 1. The van der Waals surface area contributed by atoms with E-state index in [0.717, 1.165) is 12.8 Å². The molecule has 1 N–H and O–H groups in total. The Morgan fingerprint density at radius 2 is 1.73 bits per heavy atom. The monoisotopic (exact) mass is 405 g/mol. The van der Waals surface area contributed by atoms with Gasteiger partial charge in [-0.1, -0.05) is 42.5 Å². The lowest BCUT2D eigenvalue weighted by atomic mass is 10.1. The van der Waals surface area contributed by atoms with E-state index in [2.05, 4.69) is 9.97 Å². The largest absolute Gasteiger partial charge is 0.447 e. The van der Waals surface area contributed by atoms with Gasteiger partial charge in [0.25, 0.3) is 11.5 Å². The van der Waals surface area contributed by atoms with Gasteiger partial charge < -0.3 is 14.6 Å². The number of aromatic amines is 1. The molecule has 1 aliphatic heterocycles. The van der Waals surface area contributed by atoms with E-state index in [9.17, 15) is 14.4 Å². The number of nitrogens with zero attached hydrogens (tertiary/aromatic N) is 2. The van der Waals surface area contributed by atoms with Crippen molar-refractivity contribution in [2.45, 2.75) is 31.8 Å². The number of amides is 1. The first-order valence-electron chi connectivity index (χ1n) is 10.1. The van der Waals surface area contributed by atoms with E-state index in [1.165, 1.54) is 0 Å². The number of benzene rings is 2. The lowest BCUT2D eigenvalue weighted by Gasteiger charge is -2.23. The van der Waals surface area contributed by atoms with E-state index in [1.807, 2.05) is 18.2 Å². The third-order valence-corrected chi connectivity index (χ3v) is 5.22. The fraction of sp³-hybridized carbons (Fsp3) is 0.304. The van der Waals surface area contributed by atoms with Crippen molar-refractivity contribution >= 4 is 22.8 Å². The van der Waals surface area contributed by atoms with Crippen molar-refractivity contribution in [3.63, 3.8) is 0 Å². The van der Waals surface area contributed by atoms with Gasteiger partial charge in [0.2, 0.25) is 6.10 Å². The molecule has 1 aliphatic rings. The predicted molar refractivity (Wildman–Crippen MR) is 112 cm³/mol. The number of likely N-dealkylation sites (tertiary alicyclic amines) is 1. The van der Waals surface area contributed by atoms with Crippen LogP contribution in [0.3, 0.4) is 0 Å². The van der Waals surface area contributed by atoms with Crippen molar-refractivity contribution in [1.82, 2.24) is 14.9 Å². The van der Waals surface area contributed by atoms with E-state index in [0.29, 0.717) is 35.4 Å². The number of ether oxygens (including phenoxy) is 1. The van der Waals surface area contributed by atoms with Crippen LogP contribution in [0.25, 0.3) is 10.9 Å². The van der Waals surface area contributed by atoms with Crippen LogP contribution in [-0.2, 0) is 20.7 Å². The third-order valence-electron chi connectivity index (χ3n) is 5.22. The summed E-state index contributed by atoms with van der Waals surface area (Å²) in [6.45, 7) is 1.37. The molecule has 2 heterocycles. The first-order valence-corrected chi connectivity index (χ1v) is 10.1. The summed E-state index contributed by atoms with van der Waals surface area (Å²) in [5.41, 5.74) is 0.992. The third kappa shape index (κ3) is 4.40. The van der Waals surface area contributed by atoms with Gasteiger partial charge in [-0.05, 0) is 25.0 Å². The van der Waals surface area contributed by atoms with E-state index < -0.39 is 12.1 Å². The van der Waals surface area contributed by atoms with Crippen LogP contribution in [0.1, 0.15) is 36.8 Å². The van der Waals surface area contributed by atoms with Crippen molar-refractivity contribution in [2.75, 3.05) is 13.1 Å². The summed E-state index contributed by atoms with van der Waals surface area (Å²) < 4.78 is 5.60. The number of aromatic nitrogens is 2. The second-order valence-corrected chi connectivity index (χ2v) is 7.34.